The molecule has 2 N–H and O–H groups in total. The molecule has 8 aliphatic rings. The Bertz CT molecular complexity index is 910. The number of anilines is 2. The fraction of sp³-hybridized carbons (Fsp3) is 0.840. The van der Waals surface area contributed by atoms with Gasteiger partial charge in [-0.3, -0.25) is 20.2 Å². The van der Waals surface area contributed by atoms with E-state index in [1.165, 1.54) is 38.5 Å². The second kappa shape index (κ2) is 6.57. The average molecular weight is 438 g/mol. The molecule has 1 heterocycles. The number of rotatable bonds is 4. The lowest BCUT2D eigenvalue weighted by molar-refractivity contribution is -0.141. The second-order valence-corrected chi connectivity index (χ2v) is 12.7. The smallest absolute Gasteiger partial charge is 0.250 e. The highest BCUT2D eigenvalue weighted by molar-refractivity contribution is 5.96. The Hall–Kier alpha value is -1.92. The fourth-order valence-electron chi connectivity index (χ4n) is 9.79. The van der Waals surface area contributed by atoms with E-state index in [4.69, 9.17) is 0 Å². The van der Waals surface area contributed by atoms with E-state index < -0.39 is 0 Å². The highest BCUT2D eigenvalue weighted by Crippen LogP contribution is 2.61. The number of carbonyl (C=O) groups excluding carboxylic acids is 2. The number of aromatic nitrogens is 3. The van der Waals surface area contributed by atoms with Gasteiger partial charge >= 0.3 is 0 Å². The van der Waals surface area contributed by atoms with E-state index in [0.717, 1.165) is 74.0 Å². The zero-order chi connectivity index (χ0) is 21.7. The molecule has 0 aliphatic heterocycles. The maximum atomic E-state index is 13.4. The first-order chi connectivity index (χ1) is 15.4. The Morgan fingerprint density at radius 3 is 1.50 bits per heavy atom. The largest absolute Gasteiger partial charge is 0.294 e. The van der Waals surface area contributed by atoms with Gasteiger partial charge in [0, 0.05) is 7.05 Å². The standard InChI is InChI=1S/C25H35N5O2/c1-30-23(27-21(32)25-11-17-5-18(12-25)7-19(6-17)13-25)28-22(29-30)26-20(31)24-8-14-2-15(9-24)4-16(3-14)10-24/h14-19H,2-13H2,1H3,(H2,26,27,28,29,31,32). The van der Waals surface area contributed by atoms with Crippen molar-refractivity contribution in [2.45, 2.75) is 77.0 Å². The highest BCUT2D eigenvalue weighted by atomic mass is 16.2. The third-order valence-corrected chi connectivity index (χ3v) is 10.3. The summed E-state index contributed by atoms with van der Waals surface area (Å²) in [7, 11) is 1.79. The van der Waals surface area contributed by atoms with Gasteiger partial charge in [0.2, 0.25) is 17.8 Å². The molecule has 8 saturated carbocycles. The van der Waals surface area contributed by atoms with Crippen LogP contribution in [0.25, 0.3) is 0 Å². The highest BCUT2D eigenvalue weighted by Gasteiger charge is 2.56. The van der Waals surface area contributed by atoms with Crippen molar-refractivity contribution < 1.29 is 9.59 Å². The van der Waals surface area contributed by atoms with E-state index in [0.29, 0.717) is 11.9 Å². The molecule has 0 aromatic carbocycles. The number of nitrogens with one attached hydrogen (secondary N) is 2. The summed E-state index contributed by atoms with van der Waals surface area (Å²) in [5.74, 6) is 5.33. The van der Waals surface area contributed by atoms with Crippen molar-refractivity contribution in [2.75, 3.05) is 10.6 Å². The molecule has 0 saturated heterocycles. The van der Waals surface area contributed by atoms with Gasteiger partial charge in [-0.25, -0.2) is 4.68 Å². The van der Waals surface area contributed by atoms with Gasteiger partial charge in [-0.1, -0.05) is 0 Å². The number of hydrogen-bond donors (Lipinski definition) is 2. The normalized spacial score (nSPS) is 45.3. The third kappa shape index (κ3) is 2.91. The Kier molecular flexibility index (Phi) is 4.01. The summed E-state index contributed by atoms with van der Waals surface area (Å²) in [5.41, 5.74) is -0.445. The number of hydrogen-bond acceptors (Lipinski definition) is 4. The van der Waals surface area contributed by atoms with Gasteiger partial charge in [-0.05, 0) is 113 Å². The van der Waals surface area contributed by atoms with Gasteiger partial charge in [-0.2, -0.15) is 4.98 Å². The van der Waals surface area contributed by atoms with Crippen LogP contribution in [-0.2, 0) is 16.6 Å². The number of aryl methyl sites for hydroxylation is 1. The topological polar surface area (TPSA) is 88.9 Å². The molecule has 2 amide bonds. The molecule has 0 atom stereocenters. The molecule has 1 aromatic heterocycles. The first-order valence-corrected chi connectivity index (χ1v) is 12.9. The molecule has 7 heteroatoms. The minimum absolute atomic E-state index is 0.0983. The summed E-state index contributed by atoms with van der Waals surface area (Å²) >= 11 is 0. The average Bonchev–Trinajstić information content (AvgIpc) is 3.04. The molecule has 8 fully saturated rings. The maximum absolute atomic E-state index is 13.4. The Morgan fingerprint density at radius 2 is 1.09 bits per heavy atom. The van der Waals surface area contributed by atoms with Crippen molar-refractivity contribution >= 4 is 23.7 Å². The number of amides is 2. The van der Waals surface area contributed by atoms with E-state index in [1.54, 1.807) is 11.7 Å². The van der Waals surface area contributed by atoms with Crippen molar-refractivity contribution in [3.63, 3.8) is 0 Å². The van der Waals surface area contributed by atoms with Gasteiger partial charge in [0.05, 0.1) is 10.8 Å². The van der Waals surface area contributed by atoms with Crippen LogP contribution in [0.5, 0.6) is 0 Å². The summed E-state index contributed by atoms with van der Waals surface area (Å²) in [6.45, 7) is 0. The molecule has 1 aromatic rings. The molecule has 32 heavy (non-hydrogen) atoms. The van der Waals surface area contributed by atoms with Gasteiger partial charge in [-0.15, -0.1) is 5.10 Å². The molecule has 9 rings (SSSR count). The third-order valence-electron chi connectivity index (χ3n) is 10.3. The predicted octanol–water partition coefficient (Wildman–Crippen LogP) is 4.12. The summed E-state index contributed by atoms with van der Waals surface area (Å²) in [6.07, 6.45) is 14.0. The summed E-state index contributed by atoms with van der Waals surface area (Å²) in [4.78, 5) is 31.3. The molecular weight excluding hydrogens is 402 g/mol. The van der Waals surface area contributed by atoms with Crippen LogP contribution in [0.4, 0.5) is 11.9 Å². The minimum Gasteiger partial charge on any atom is -0.294 e. The summed E-state index contributed by atoms with van der Waals surface area (Å²) in [5, 5.41) is 10.6. The van der Waals surface area contributed by atoms with Gasteiger partial charge in [0.25, 0.3) is 5.95 Å². The molecule has 172 valence electrons. The van der Waals surface area contributed by atoms with E-state index in [-0.39, 0.29) is 22.6 Å². The molecule has 0 radical (unpaired) electrons. The summed E-state index contributed by atoms with van der Waals surface area (Å²) < 4.78 is 1.60. The van der Waals surface area contributed by atoms with Crippen molar-refractivity contribution in [3.05, 3.63) is 0 Å². The Labute approximate surface area is 189 Å². The molecule has 0 spiro atoms. The number of carbonyl (C=O) groups is 2. The molecule has 7 nitrogen and oxygen atoms in total. The van der Waals surface area contributed by atoms with Crippen molar-refractivity contribution in [1.82, 2.24) is 14.8 Å². The predicted molar refractivity (Wildman–Crippen MR) is 119 cm³/mol. The molecular formula is C25H35N5O2. The van der Waals surface area contributed by atoms with E-state index >= 15 is 0 Å². The number of nitrogens with zero attached hydrogens (tertiary/aromatic N) is 3. The monoisotopic (exact) mass is 437 g/mol. The Balaban J connectivity index is 1.06. The maximum Gasteiger partial charge on any atom is 0.250 e. The van der Waals surface area contributed by atoms with Gasteiger partial charge < -0.3 is 0 Å². The zero-order valence-corrected chi connectivity index (χ0v) is 19.1. The van der Waals surface area contributed by atoms with E-state index in [2.05, 4.69) is 20.7 Å². The fourth-order valence-corrected chi connectivity index (χ4v) is 9.79. The van der Waals surface area contributed by atoms with Gasteiger partial charge in [0.15, 0.2) is 0 Å². The lowest BCUT2D eigenvalue weighted by Gasteiger charge is -2.55. The van der Waals surface area contributed by atoms with Crippen LogP contribution < -0.4 is 10.6 Å². The second-order valence-electron chi connectivity index (χ2n) is 12.7. The van der Waals surface area contributed by atoms with E-state index in [1.807, 2.05) is 0 Å². The van der Waals surface area contributed by atoms with Crippen LogP contribution in [0.2, 0.25) is 0 Å². The van der Waals surface area contributed by atoms with Crippen LogP contribution in [0.1, 0.15) is 77.0 Å². The quantitative estimate of drug-likeness (QED) is 0.741. The van der Waals surface area contributed by atoms with Crippen LogP contribution in [-0.4, -0.2) is 26.6 Å². The van der Waals surface area contributed by atoms with Crippen molar-refractivity contribution in [1.29, 1.82) is 0 Å². The lowest BCUT2D eigenvalue weighted by Crippen LogP contribution is -2.52. The SMILES string of the molecule is Cn1nc(NC(=O)C23CC4CC(CC(C4)C2)C3)nc1NC(=O)C12CC3CC(CC(C3)C1)C2. The summed E-state index contributed by atoms with van der Waals surface area (Å²) in [6, 6.07) is 0. The minimum atomic E-state index is -0.226. The zero-order valence-electron chi connectivity index (χ0n) is 19.1. The van der Waals surface area contributed by atoms with Crippen LogP contribution in [0.3, 0.4) is 0 Å². The van der Waals surface area contributed by atoms with Crippen LogP contribution in [0.15, 0.2) is 0 Å². The first kappa shape index (κ1) is 19.5. The molecule has 8 aliphatic carbocycles. The molecule has 0 unspecified atom stereocenters. The van der Waals surface area contributed by atoms with Crippen LogP contribution >= 0.6 is 0 Å². The first-order valence-electron chi connectivity index (χ1n) is 12.9. The van der Waals surface area contributed by atoms with Crippen molar-refractivity contribution in [2.24, 2.45) is 53.4 Å². The van der Waals surface area contributed by atoms with Gasteiger partial charge in [0.1, 0.15) is 0 Å². The van der Waals surface area contributed by atoms with Crippen molar-refractivity contribution in [3.8, 4) is 0 Å². The Morgan fingerprint density at radius 1 is 0.719 bits per heavy atom. The van der Waals surface area contributed by atoms with E-state index in [9.17, 15) is 9.59 Å². The molecule has 8 bridgehead atoms. The lowest BCUT2D eigenvalue weighted by atomic mass is 9.49. The van der Waals surface area contributed by atoms with Crippen LogP contribution in [0, 0.1) is 46.3 Å².